The molecule has 0 radical (unpaired) electrons. The maximum absolute atomic E-state index is 13.2. The number of likely N-dealkylation sites (tertiary alicyclic amines) is 1. The number of amides is 1. The third kappa shape index (κ3) is 5.25. The predicted molar refractivity (Wildman–Crippen MR) is 106 cm³/mol. The number of hydrogen-bond acceptors (Lipinski definition) is 5. The SMILES string of the molecule is COC(=O)C(NC(=O)C1CCN(C)CC1c1cnn(C)c1)c1cccc(C(F)(F)F)c1. The molecule has 1 aliphatic rings. The minimum Gasteiger partial charge on any atom is -0.467 e. The normalized spacial score (nSPS) is 20.8. The Hall–Kier alpha value is -2.88. The fraction of sp³-hybridized carbons (Fsp3) is 0.476. The summed E-state index contributed by atoms with van der Waals surface area (Å²) < 4.78 is 45.8. The van der Waals surface area contributed by atoms with E-state index < -0.39 is 35.6 Å². The van der Waals surface area contributed by atoms with Crippen molar-refractivity contribution in [3.63, 3.8) is 0 Å². The number of methoxy groups -OCH3 is 1. The van der Waals surface area contributed by atoms with Crippen molar-refractivity contribution in [2.45, 2.75) is 24.6 Å². The van der Waals surface area contributed by atoms with Crippen molar-refractivity contribution in [2.24, 2.45) is 13.0 Å². The average molecular weight is 438 g/mol. The summed E-state index contributed by atoms with van der Waals surface area (Å²) in [5.41, 5.74) is 0.00412. The largest absolute Gasteiger partial charge is 0.467 e. The lowest BCUT2D eigenvalue weighted by molar-refractivity contribution is -0.146. The van der Waals surface area contributed by atoms with Gasteiger partial charge in [0.1, 0.15) is 0 Å². The molecule has 1 aromatic carbocycles. The molecule has 1 aliphatic heterocycles. The maximum Gasteiger partial charge on any atom is 0.416 e. The summed E-state index contributed by atoms with van der Waals surface area (Å²) in [4.78, 5) is 27.7. The van der Waals surface area contributed by atoms with Crippen molar-refractivity contribution in [1.82, 2.24) is 20.0 Å². The Balaban J connectivity index is 1.87. The first-order chi connectivity index (χ1) is 14.6. The van der Waals surface area contributed by atoms with E-state index in [9.17, 15) is 22.8 Å². The fourth-order valence-electron chi connectivity index (χ4n) is 3.94. The second-order valence-electron chi connectivity index (χ2n) is 7.80. The van der Waals surface area contributed by atoms with E-state index in [4.69, 9.17) is 4.74 Å². The summed E-state index contributed by atoms with van der Waals surface area (Å²) in [5, 5.41) is 6.81. The zero-order chi connectivity index (χ0) is 22.8. The first-order valence-corrected chi connectivity index (χ1v) is 9.82. The molecule has 3 rings (SSSR count). The van der Waals surface area contributed by atoms with Gasteiger partial charge in [0.05, 0.1) is 18.9 Å². The van der Waals surface area contributed by atoms with E-state index in [2.05, 4.69) is 15.3 Å². The Morgan fingerprint density at radius 1 is 1.29 bits per heavy atom. The fourth-order valence-corrected chi connectivity index (χ4v) is 3.94. The van der Waals surface area contributed by atoms with Gasteiger partial charge < -0.3 is 15.0 Å². The van der Waals surface area contributed by atoms with E-state index in [1.165, 1.54) is 12.1 Å². The molecule has 1 aromatic heterocycles. The minimum atomic E-state index is -4.57. The number of hydrogen-bond donors (Lipinski definition) is 1. The number of ether oxygens (including phenoxy) is 1. The third-order valence-corrected chi connectivity index (χ3v) is 5.58. The number of nitrogens with zero attached hydrogens (tertiary/aromatic N) is 3. The van der Waals surface area contributed by atoms with Crippen LogP contribution in [0.4, 0.5) is 13.2 Å². The Morgan fingerprint density at radius 3 is 2.65 bits per heavy atom. The lowest BCUT2D eigenvalue weighted by Crippen LogP contribution is -2.46. The molecule has 7 nitrogen and oxygen atoms in total. The van der Waals surface area contributed by atoms with Crippen LogP contribution < -0.4 is 5.32 Å². The van der Waals surface area contributed by atoms with Gasteiger partial charge in [0.2, 0.25) is 5.91 Å². The number of alkyl halides is 3. The summed E-state index contributed by atoms with van der Waals surface area (Å²) in [6.45, 7) is 1.30. The van der Waals surface area contributed by atoms with E-state index in [0.29, 0.717) is 19.5 Å². The van der Waals surface area contributed by atoms with Crippen molar-refractivity contribution in [3.8, 4) is 0 Å². The second kappa shape index (κ2) is 9.09. The summed E-state index contributed by atoms with van der Waals surface area (Å²) in [5.74, 6) is -1.86. The highest BCUT2D eigenvalue weighted by atomic mass is 19.4. The molecule has 2 heterocycles. The number of benzene rings is 1. The van der Waals surface area contributed by atoms with Gasteiger partial charge in [0.25, 0.3) is 0 Å². The van der Waals surface area contributed by atoms with Crippen molar-refractivity contribution >= 4 is 11.9 Å². The second-order valence-corrected chi connectivity index (χ2v) is 7.80. The molecular formula is C21H25F3N4O3. The molecule has 10 heteroatoms. The van der Waals surface area contributed by atoms with E-state index >= 15 is 0 Å². The minimum absolute atomic E-state index is 0.0147. The van der Waals surface area contributed by atoms with Gasteiger partial charge in [-0.1, -0.05) is 12.1 Å². The molecular weight excluding hydrogens is 413 g/mol. The van der Waals surface area contributed by atoms with Crippen molar-refractivity contribution in [2.75, 3.05) is 27.2 Å². The number of piperidine rings is 1. The van der Waals surface area contributed by atoms with Crippen LogP contribution in [0, 0.1) is 5.92 Å². The summed E-state index contributed by atoms with van der Waals surface area (Å²) in [7, 11) is 4.87. The number of nitrogens with one attached hydrogen (secondary N) is 1. The molecule has 0 aliphatic carbocycles. The number of rotatable bonds is 5. The molecule has 1 N–H and O–H groups in total. The molecule has 3 atom stereocenters. The van der Waals surface area contributed by atoms with Gasteiger partial charge in [-0.05, 0) is 43.3 Å². The Kier molecular flexibility index (Phi) is 6.68. The number of halogens is 3. The highest BCUT2D eigenvalue weighted by molar-refractivity contribution is 5.87. The molecule has 1 amide bonds. The van der Waals surface area contributed by atoms with Gasteiger partial charge in [-0.25, -0.2) is 4.79 Å². The molecule has 168 valence electrons. The first-order valence-electron chi connectivity index (χ1n) is 9.82. The third-order valence-electron chi connectivity index (χ3n) is 5.58. The van der Waals surface area contributed by atoms with Crippen LogP contribution in [-0.4, -0.2) is 53.8 Å². The van der Waals surface area contributed by atoms with Crippen LogP contribution >= 0.6 is 0 Å². The van der Waals surface area contributed by atoms with Gasteiger partial charge in [-0.15, -0.1) is 0 Å². The Labute approximate surface area is 178 Å². The molecule has 0 spiro atoms. The standard InChI is InChI=1S/C21H25F3N4O3/c1-27-8-7-16(17(12-27)14-10-25-28(2)11-14)19(29)26-18(20(30)31-3)13-5-4-6-15(9-13)21(22,23)24/h4-6,9-11,16-18H,7-8,12H2,1-3H3,(H,26,29). The number of esters is 1. The summed E-state index contributed by atoms with van der Waals surface area (Å²) in [6.07, 6.45) is -0.484. The monoisotopic (exact) mass is 438 g/mol. The van der Waals surface area contributed by atoms with Gasteiger partial charge in [-0.3, -0.25) is 9.48 Å². The van der Waals surface area contributed by atoms with Crippen molar-refractivity contribution in [3.05, 3.63) is 53.3 Å². The van der Waals surface area contributed by atoms with Crippen LogP contribution in [0.25, 0.3) is 0 Å². The van der Waals surface area contributed by atoms with E-state index in [1.807, 2.05) is 13.2 Å². The van der Waals surface area contributed by atoms with Crippen LogP contribution in [0.2, 0.25) is 0 Å². The van der Waals surface area contributed by atoms with Crippen molar-refractivity contribution in [1.29, 1.82) is 0 Å². The predicted octanol–water partition coefficient (Wildman–Crippen LogP) is 2.50. The number of aryl methyl sites for hydroxylation is 1. The molecule has 1 fully saturated rings. The van der Waals surface area contributed by atoms with E-state index in [0.717, 1.165) is 24.8 Å². The van der Waals surface area contributed by atoms with Crippen LogP contribution in [0.15, 0.2) is 36.7 Å². The Bertz CT molecular complexity index is 944. The summed E-state index contributed by atoms with van der Waals surface area (Å²) >= 11 is 0. The molecule has 31 heavy (non-hydrogen) atoms. The van der Waals surface area contributed by atoms with Crippen LogP contribution in [0.5, 0.6) is 0 Å². The molecule has 1 saturated heterocycles. The summed E-state index contributed by atoms with van der Waals surface area (Å²) in [6, 6.07) is 3.00. The lowest BCUT2D eigenvalue weighted by atomic mass is 9.81. The molecule has 0 saturated carbocycles. The number of likely N-dealkylation sites (N-methyl/N-ethyl adjacent to an activating group) is 1. The van der Waals surface area contributed by atoms with E-state index in [1.54, 1.807) is 17.9 Å². The van der Waals surface area contributed by atoms with E-state index in [-0.39, 0.29) is 11.5 Å². The van der Waals surface area contributed by atoms with Crippen molar-refractivity contribution < 1.29 is 27.5 Å². The molecule has 2 aromatic rings. The van der Waals surface area contributed by atoms with Gasteiger partial charge >= 0.3 is 12.1 Å². The number of carbonyl (C=O) groups is 2. The quantitative estimate of drug-likeness (QED) is 0.726. The first kappa shape index (κ1) is 22.8. The molecule has 3 unspecified atom stereocenters. The molecule has 0 bridgehead atoms. The van der Waals surface area contributed by atoms with Crippen LogP contribution in [0.3, 0.4) is 0 Å². The Morgan fingerprint density at radius 2 is 2.03 bits per heavy atom. The maximum atomic E-state index is 13.2. The van der Waals surface area contributed by atoms with Gasteiger partial charge in [-0.2, -0.15) is 18.3 Å². The van der Waals surface area contributed by atoms with Gasteiger partial charge in [0.15, 0.2) is 6.04 Å². The number of aromatic nitrogens is 2. The lowest BCUT2D eigenvalue weighted by Gasteiger charge is -2.36. The number of carbonyl (C=O) groups excluding carboxylic acids is 2. The average Bonchev–Trinajstić information content (AvgIpc) is 3.17. The smallest absolute Gasteiger partial charge is 0.416 e. The van der Waals surface area contributed by atoms with Crippen LogP contribution in [0.1, 0.15) is 35.1 Å². The zero-order valence-corrected chi connectivity index (χ0v) is 17.5. The van der Waals surface area contributed by atoms with Crippen LogP contribution in [-0.2, 0) is 27.5 Å². The zero-order valence-electron chi connectivity index (χ0n) is 17.5. The highest BCUT2D eigenvalue weighted by Gasteiger charge is 2.37. The highest BCUT2D eigenvalue weighted by Crippen LogP contribution is 2.34. The topological polar surface area (TPSA) is 76.5 Å². The van der Waals surface area contributed by atoms with Gasteiger partial charge in [0, 0.05) is 31.6 Å².